The van der Waals surface area contributed by atoms with Crippen LogP contribution in [-0.2, 0) is 21.4 Å². The molecule has 0 spiro atoms. The Morgan fingerprint density at radius 1 is 1.00 bits per heavy atom. The largest absolute Gasteiger partial charge is 0.497 e. The Morgan fingerprint density at radius 2 is 1.67 bits per heavy atom. The van der Waals surface area contributed by atoms with Crippen molar-refractivity contribution in [2.75, 3.05) is 20.7 Å². The van der Waals surface area contributed by atoms with Crippen molar-refractivity contribution in [1.29, 1.82) is 0 Å². The molecular weight excluding hydrogens is 442 g/mol. The first-order chi connectivity index (χ1) is 15.9. The van der Waals surface area contributed by atoms with Crippen molar-refractivity contribution in [1.82, 2.24) is 9.73 Å². The quantitative estimate of drug-likeness (QED) is 0.365. The lowest BCUT2D eigenvalue weighted by Crippen LogP contribution is -2.36. The Morgan fingerprint density at radius 3 is 2.36 bits per heavy atom. The molecule has 3 aromatic rings. The van der Waals surface area contributed by atoms with Crippen molar-refractivity contribution in [3.63, 3.8) is 0 Å². The highest BCUT2D eigenvalue weighted by Gasteiger charge is 2.22. The Bertz CT molecular complexity index is 1200. The summed E-state index contributed by atoms with van der Waals surface area (Å²) in [4.78, 5) is 12.3. The highest BCUT2D eigenvalue weighted by atomic mass is 32.2. The van der Waals surface area contributed by atoms with Gasteiger partial charge < -0.3 is 9.47 Å². The second-order valence-electron chi connectivity index (χ2n) is 7.04. The summed E-state index contributed by atoms with van der Waals surface area (Å²) in [5.41, 5.74) is 4.05. The molecule has 0 saturated heterocycles. The minimum absolute atomic E-state index is 0.0617. The normalized spacial score (nSPS) is 11.5. The van der Waals surface area contributed by atoms with Crippen LogP contribution in [0.3, 0.4) is 0 Å². The highest BCUT2D eigenvalue weighted by molar-refractivity contribution is 7.89. The van der Waals surface area contributed by atoms with E-state index in [0.717, 1.165) is 9.87 Å². The molecule has 9 heteroatoms. The van der Waals surface area contributed by atoms with Gasteiger partial charge in [-0.25, -0.2) is 13.8 Å². The third-order valence-corrected chi connectivity index (χ3v) is 6.50. The summed E-state index contributed by atoms with van der Waals surface area (Å²) in [5.74, 6) is 0.573. The third kappa shape index (κ3) is 6.64. The molecule has 1 N–H and O–H groups in total. The van der Waals surface area contributed by atoms with Gasteiger partial charge in [-0.1, -0.05) is 42.5 Å². The first-order valence-corrected chi connectivity index (χ1v) is 11.5. The number of carbonyl (C=O) groups excluding carboxylic acids is 1. The van der Waals surface area contributed by atoms with Gasteiger partial charge in [0.25, 0.3) is 5.91 Å². The van der Waals surface area contributed by atoms with Gasteiger partial charge in [0, 0.05) is 12.6 Å². The number of nitrogens with zero attached hydrogens (tertiary/aromatic N) is 2. The summed E-state index contributed by atoms with van der Waals surface area (Å²) in [6.45, 7) is 0.00389. The van der Waals surface area contributed by atoms with Gasteiger partial charge in [-0.05, 0) is 42.0 Å². The molecule has 33 heavy (non-hydrogen) atoms. The highest BCUT2D eigenvalue weighted by Crippen LogP contribution is 2.19. The van der Waals surface area contributed by atoms with E-state index in [0.29, 0.717) is 23.7 Å². The van der Waals surface area contributed by atoms with Crippen LogP contribution in [0.25, 0.3) is 0 Å². The van der Waals surface area contributed by atoms with Gasteiger partial charge >= 0.3 is 0 Å². The van der Waals surface area contributed by atoms with Crippen molar-refractivity contribution in [2.45, 2.75) is 11.5 Å². The van der Waals surface area contributed by atoms with Crippen LogP contribution in [0, 0.1) is 0 Å². The van der Waals surface area contributed by atoms with Crippen LogP contribution in [0.15, 0.2) is 88.9 Å². The predicted octanol–water partition coefficient (Wildman–Crippen LogP) is 3.05. The van der Waals surface area contributed by atoms with Crippen LogP contribution in [0.1, 0.15) is 11.1 Å². The number of amides is 1. The maximum absolute atomic E-state index is 12.6. The summed E-state index contributed by atoms with van der Waals surface area (Å²) in [6, 6.07) is 23.0. The maximum Gasteiger partial charge on any atom is 0.255 e. The summed E-state index contributed by atoms with van der Waals surface area (Å²) in [6.07, 6.45) is 1.45. The molecule has 1 amide bonds. The summed E-state index contributed by atoms with van der Waals surface area (Å²) >= 11 is 0. The number of nitrogens with one attached hydrogen (secondary N) is 1. The van der Waals surface area contributed by atoms with Crippen molar-refractivity contribution in [3.8, 4) is 11.5 Å². The molecule has 172 valence electrons. The van der Waals surface area contributed by atoms with Crippen LogP contribution in [-0.4, -0.2) is 45.5 Å². The van der Waals surface area contributed by atoms with Crippen LogP contribution in [0.5, 0.6) is 11.5 Å². The first-order valence-electron chi connectivity index (χ1n) is 10.1. The predicted molar refractivity (Wildman–Crippen MR) is 126 cm³/mol. The second-order valence-corrected chi connectivity index (χ2v) is 9.09. The number of para-hydroxylation sites is 1. The number of benzene rings is 3. The average molecular weight is 468 g/mol. The molecule has 0 bridgehead atoms. The lowest BCUT2D eigenvalue weighted by atomic mass is 10.2. The molecule has 0 radical (unpaired) electrons. The molecule has 0 aromatic heterocycles. The summed E-state index contributed by atoms with van der Waals surface area (Å²) < 4.78 is 37.1. The van der Waals surface area contributed by atoms with Gasteiger partial charge in [0.05, 0.1) is 24.8 Å². The number of methoxy groups -OCH3 is 1. The molecule has 0 aliphatic rings. The van der Waals surface area contributed by atoms with E-state index in [1.165, 1.54) is 32.5 Å². The van der Waals surface area contributed by atoms with Crippen molar-refractivity contribution >= 4 is 22.1 Å². The molecule has 0 heterocycles. The maximum atomic E-state index is 12.6. The molecular formula is C24H25N3O5S. The fourth-order valence-corrected chi connectivity index (χ4v) is 4.01. The molecule has 3 aromatic carbocycles. The van der Waals surface area contributed by atoms with E-state index in [-0.39, 0.29) is 4.90 Å². The van der Waals surface area contributed by atoms with E-state index in [1.807, 2.05) is 42.5 Å². The average Bonchev–Trinajstić information content (AvgIpc) is 2.84. The minimum Gasteiger partial charge on any atom is -0.497 e. The summed E-state index contributed by atoms with van der Waals surface area (Å²) in [5, 5.41) is 3.95. The number of hydrogen-bond acceptors (Lipinski definition) is 6. The molecule has 0 fully saturated rings. The second kappa shape index (κ2) is 11.3. The van der Waals surface area contributed by atoms with E-state index in [1.54, 1.807) is 24.3 Å². The van der Waals surface area contributed by atoms with Gasteiger partial charge in [0.2, 0.25) is 10.0 Å². The Hall–Kier alpha value is -3.69. The first kappa shape index (κ1) is 24.0. The van der Waals surface area contributed by atoms with E-state index in [9.17, 15) is 13.2 Å². The van der Waals surface area contributed by atoms with Crippen LogP contribution in [0.4, 0.5) is 0 Å². The Labute approximate surface area is 193 Å². The number of rotatable bonds is 10. The van der Waals surface area contributed by atoms with Crippen molar-refractivity contribution in [3.05, 3.63) is 90.0 Å². The zero-order valence-corrected chi connectivity index (χ0v) is 19.2. The van der Waals surface area contributed by atoms with Gasteiger partial charge in [0.15, 0.2) is 0 Å². The van der Waals surface area contributed by atoms with Crippen LogP contribution < -0.4 is 14.9 Å². The van der Waals surface area contributed by atoms with E-state index in [2.05, 4.69) is 10.5 Å². The standard InChI is InChI=1S/C24H25N3O5S/c1-27(33(29,30)22-14-12-21(31-2)13-15-22)17-24(28)26-25-16-20-10-6-7-11-23(20)32-18-19-8-4-3-5-9-19/h3-16H,17-18H2,1-2H3,(H,26,28)/b25-16-. The zero-order valence-electron chi connectivity index (χ0n) is 18.3. The van der Waals surface area contributed by atoms with Crippen LogP contribution in [0.2, 0.25) is 0 Å². The number of carbonyl (C=O) groups is 1. The Balaban J connectivity index is 1.57. The molecule has 0 saturated carbocycles. The van der Waals surface area contributed by atoms with Gasteiger partial charge in [-0.15, -0.1) is 0 Å². The van der Waals surface area contributed by atoms with E-state index in [4.69, 9.17) is 9.47 Å². The zero-order chi connectivity index (χ0) is 23.7. The fraction of sp³-hybridized carbons (Fsp3) is 0.167. The van der Waals surface area contributed by atoms with Crippen molar-refractivity contribution < 1.29 is 22.7 Å². The van der Waals surface area contributed by atoms with Gasteiger partial charge in [0.1, 0.15) is 18.1 Å². The van der Waals surface area contributed by atoms with Crippen LogP contribution >= 0.6 is 0 Å². The summed E-state index contributed by atoms with van der Waals surface area (Å²) in [7, 11) is -1.01. The molecule has 0 aliphatic carbocycles. The number of likely N-dealkylation sites (N-methyl/N-ethyl adjacent to an activating group) is 1. The van der Waals surface area contributed by atoms with Crippen molar-refractivity contribution in [2.24, 2.45) is 5.10 Å². The van der Waals surface area contributed by atoms with E-state index < -0.39 is 22.5 Å². The minimum atomic E-state index is -3.83. The molecule has 0 atom stereocenters. The van der Waals surface area contributed by atoms with E-state index >= 15 is 0 Å². The number of hydrazone groups is 1. The third-order valence-electron chi connectivity index (χ3n) is 4.68. The lowest BCUT2D eigenvalue weighted by Gasteiger charge is -2.16. The fourth-order valence-electron chi connectivity index (χ4n) is 2.88. The topological polar surface area (TPSA) is 97.3 Å². The van der Waals surface area contributed by atoms with Gasteiger partial charge in [-0.2, -0.15) is 9.41 Å². The smallest absolute Gasteiger partial charge is 0.255 e. The molecule has 8 nitrogen and oxygen atoms in total. The molecule has 3 rings (SSSR count). The molecule has 0 unspecified atom stereocenters. The lowest BCUT2D eigenvalue weighted by molar-refractivity contribution is -0.121. The Kier molecular flexibility index (Phi) is 8.17. The molecule has 0 aliphatic heterocycles. The SMILES string of the molecule is COc1ccc(S(=O)(=O)N(C)CC(=O)N/N=C\c2ccccc2OCc2ccccc2)cc1. The monoisotopic (exact) mass is 467 g/mol. The number of sulfonamides is 1. The number of hydrogen-bond donors (Lipinski definition) is 1. The van der Waals surface area contributed by atoms with Gasteiger partial charge in [-0.3, -0.25) is 4.79 Å². The number of ether oxygens (including phenoxy) is 2.